The molecule has 12 nitrogen and oxygen atoms in total. The summed E-state index contributed by atoms with van der Waals surface area (Å²) in [4.78, 5) is 47.8. The predicted molar refractivity (Wildman–Crippen MR) is 163 cm³/mol. The lowest BCUT2D eigenvalue weighted by atomic mass is 9.89. The van der Waals surface area contributed by atoms with Crippen molar-refractivity contribution in [3.63, 3.8) is 0 Å². The van der Waals surface area contributed by atoms with Crippen molar-refractivity contribution in [3.8, 4) is 0 Å². The fourth-order valence-corrected chi connectivity index (χ4v) is 5.45. The van der Waals surface area contributed by atoms with Crippen LogP contribution in [-0.4, -0.2) is 33.7 Å². The van der Waals surface area contributed by atoms with Crippen LogP contribution >= 0.6 is 0 Å². The largest absolute Gasteiger partial charge is 0.478 e. The molecule has 0 spiro atoms. The van der Waals surface area contributed by atoms with E-state index in [4.69, 9.17) is 19.6 Å². The highest BCUT2D eigenvalue weighted by Crippen LogP contribution is 2.33. The van der Waals surface area contributed by atoms with Gasteiger partial charge in [-0.15, -0.1) is 0 Å². The first-order valence-electron chi connectivity index (χ1n) is 14.4. The van der Waals surface area contributed by atoms with Crippen molar-refractivity contribution in [2.24, 2.45) is 0 Å². The van der Waals surface area contributed by atoms with Crippen molar-refractivity contribution in [2.45, 2.75) is 87.0 Å². The Morgan fingerprint density at radius 1 is 0.652 bits per heavy atom. The van der Waals surface area contributed by atoms with Crippen LogP contribution in [0, 0.1) is 41.5 Å². The van der Waals surface area contributed by atoms with Crippen LogP contribution in [0.1, 0.15) is 108 Å². The molecule has 1 unspecified atom stereocenters. The number of carboxylic acids is 2. The average molecular weight is 641 g/mol. The normalized spacial score (nSPS) is 12.2. The van der Waals surface area contributed by atoms with Crippen LogP contribution in [-0.2, 0) is 47.7 Å². The van der Waals surface area contributed by atoms with Gasteiger partial charge in [0.25, 0.3) is 0 Å². The Bertz CT molecular complexity index is 1600. The molecule has 0 amide bonds. The first-order valence-corrected chi connectivity index (χ1v) is 14.4. The lowest BCUT2D eigenvalue weighted by Gasteiger charge is -2.25. The van der Waals surface area contributed by atoms with Crippen molar-refractivity contribution in [3.05, 3.63) is 103 Å². The maximum absolute atomic E-state index is 13.4. The number of esters is 1. The molecular weight excluding hydrogens is 600 g/mol. The van der Waals surface area contributed by atoms with E-state index in [0.717, 1.165) is 16.7 Å². The summed E-state index contributed by atoms with van der Waals surface area (Å²) in [6.45, 7) is 15.6. The summed E-state index contributed by atoms with van der Waals surface area (Å²) in [6, 6.07) is 10.4. The van der Waals surface area contributed by atoms with E-state index in [9.17, 15) is 24.6 Å². The minimum atomic E-state index is -1.13. The maximum Gasteiger partial charge on any atom is 0.339 e. The molecule has 3 aromatic rings. The van der Waals surface area contributed by atoms with Gasteiger partial charge < -0.3 is 14.9 Å². The van der Waals surface area contributed by atoms with Crippen LogP contribution in [0.25, 0.3) is 0 Å². The molecule has 1 atom stereocenters. The Hall–Kier alpha value is -4.17. The lowest BCUT2D eigenvalue weighted by molar-refractivity contribution is -0.761. The van der Waals surface area contributed by atoms with E-state index in [1.165, 1.54) is 0 Å². The highest BCUT2D eigenvalue weighted by atomic mass is 17.8. The van der Waals surface area contributed by atoms with Gasteiger partial charge in [-0.3, -0.25) is 0 Å². The van der Waals surface area contributed by atoms with Crippen LogP contribution in [0.3, 0.4) is 0 Å². The predicted octanol–water partition coefficient (Wildman–Crippen LogP) is 7.05. The Morgan fingerprint density at radius 2 is 1.13 bits per heavy atom. The number of carboxylic acid groups (broad SMARTS) is 2. The van der Waals surface area contributed by atoms with Gasteiger partial charge in [0.05, 0.1) is 16.7 Å². The minimum Gasteiger partial charge on any atom is -0.478 e. The number of carbonyl (C=O) groups excluding carboxylic acids is 1. The first kappa shape index (κ1) is 36.3. The van der Waals surface area contributed by atoms with E-state index >= 15 is 0 Å². The molecule has 0 aliphatic rings. The molecule has 248 valence electrons. The first-order chi connectivity index (χ1) is 21.5. The zero-order valence-corrected chi connectivity index (χ0v) is 27.4. The third-order valence-corrected chi connectivity index (χ3v) is 6.92. The highest BCUT2D eigenvalue weighted by Gasteiger charge is 2.29. The fraction of sp³-hybridized carbons (Fsp3) is 0.382. The van der Waals surface area contributed by atoms with Gasteiger partial charge in [-0.25, -0.2) is 14.4 Å². The molecule has 0 aliphatic heterocycles. The molecular formula is C34H40O12. The monoisotopic (exact) mass is 640 g/mol. The Labute approximate surface area is 267 Å². The third kappa shape index (κ3) is 9.66. The Balaban J connectivity index is 1.84. The zero-order chi connectivity index (χ0) is 34.3. The molecule has 0 saturated carbocycles. The molecule has 0 aromatic heterocycles. The number of ether oxygens (including phenoxy) is 1. The number of hydrogen-bond acceptors (Lipinski definition) is 10. The summed E-state index contributed by atoms with van der Waals surface area (Å²) < 4.78 is 5.67. The summed E-state index contributed by atoms with van der Waals surface area (Å²) >= 11 is 0. The van der Waals surface area contributed by atoms with E-state index in [1.54, 1.807) is 71.9 Å². The van der Waals surface area contributed by atoms with Crippen LogP contribution in [0.15, 0.2) is 36.4 Å². The topological polar surface area (TPSA) is 156 Å². The van der Waals surface area contributed by atoms with E-state index in [2.05, 4.69) is 15.1 Å². The summed E-state index contributed by atoms with van der Waals surface area (Å²) in [5, 5.41) is 37.8. The van der Waals surface area contributed by atoms with Crippen molar-refractivity contribution in [1.82, 2.24) is 0 Å². The van der Waals surface area contributed by atoms with Crippen molar-refractivity contribution >= 4 is 17.9 Å². The summed E-state index contributed by atoms with van der Waals surface area (Å²) in [5.41, 5.74) is 4.88. The van der Waals surface area contributed by atoms with Gasteiger partial charge in [-0.2, -0.15) is 9.78 Å². The minimum absolute atomic E-state index is 0.0474. The van der Waals surface area contributed by atoms with Gasteiger partial charge in [-0.1, -0.05) is 53.1 Å². The van der Waals surface area contributed by atoms with Crippen LogP contribution < -0.4 is 0 Å². The maximum atomic E-state index is 13.4. The number of aryl methyl sites for hydroxylation is 6. The molecule has 0 saturated heterocycles. The molecule has 3 aromatic carbocycles. The molecule has 0 radical (unpaired) electrons. The van der Waals surface area contributed by atoms with Crippen molar-refractivity contribution in [1.29, 1.82) is 0 Å². The van der Waals surface area contributed by atoms with E-state index < -0.39 is 29.6 Å². The molecule has 2 N–H and O–H groups in total. The molecule has 0 heterocycles. The summed E-state index contributed by atoms with van der Waals surface area (Å²) in [7, 11) is 0. The Morgan fingerprint density at radius 3 is 1.67 bits per heavy atom. The van der Waals surface area contributed by atoms with E-state index in [1.807, 2.05) is 26.8 Å². The molecule has 0 fully saturated rings. The van der Waals surface area contributed by atoms with Crippen molar-refractivity contribution < 1.29 is 59.3 Å². The van der Waals surface area contributed by atoms with Crippen LogP contribution in [0.2, 0.25) is 0 Å². The standard InChI is InChI=1S/C34H40O12/c1-18-10-21(4)28(31(35)36)24(13-18)16-27(26-15-20(3)12-23(6)30(26)33(39)41-34(7,8)9)42-44-46-45-43-40-17-25-14-19(2)11-22(5)29(25)32(37)38/h10-15,27H,16-17H2,1-9H3,(H,35,36)(H,37,38). The number of hydrogen-bond donors (Lipinski definition) is 2. The molecule has 0 aliphatic carbocycles. The highest BCUT2D eigenvalue weighted by molar-refractivity contribution is 5.94. The van der Waals surface area contributed by atoms with Gasteiger partial charge >= 0.3 is 17.9 Å². The van der Waals surface area contributed by atoms with Crippen LogP contribution in [0.4, 0.5) is 0 Å². The third-order valence-electron chi connectivity index (χ3n) is 6.92. The molecule has 46 heavy (non-hydrogen) atoms. The smallest absolute Gasteiger partial charge is 0.339 e. The molecule has 0 bridgehead atoms. The second kappa shape index (κ2) is 15.4. The van der Waals surface area contributed by atoms with Crippen molar-refractivity contribution in [2.75, 3.05) is 0 Å². The second-order valence-electron chi connectivity index (χ2n) is 12.2. The number of carbonyl (C=O) groups is 3. The zero-order valence-electron chi connectivity index (χ0n) is 27.4. The quantitative estimate of drug-likeness (QED) is 0.0802. The summed E-state index contributed by atoms with van der Waals surface area (Å²) in [6.07, 6.45) is -1.15. The van der Waals surface area contributed by atoms with Gasteiger partial charge in [0, 0.05) is 6.42 Å². The van der Waals surface area contributed by atoms with E-state index in [-0.39, 0.29) is 29.7 Å². The molecule has 3 rings (SSSR count). The number of aromatic carboxylic acids is 2. The van der Waals surface area contributed by atoms with Gasteiger partial charge in [0.15, 0.2) is 0 Å². The van der Waals surface area contributed by atoms with Gasteiger partial charge in [0.1, 0.15) is 18.3 Å². The van der Waals surface area contributed by atoms with Gasteiger partial charge in [0.2, 0.25) is 0 Å². The SMILES string of the molecule is Cc1cc(C)c(C(=O)O)c(COOOOOOC(Cc2cc(C)cc(C)c2C(=O)O)c2cc(C)cc(C)c2C(=O)OC(C)(C)C)c1. The Kier molecular flexibility index (Phi) is 12.2. The molecule has 12 heteroatoms. The van der Waals surface area contributed by atoms with Crippen LogP contribution in [0.5, 0.6) is 0 Å². The lowest BCUT2D eigenvalue weighted by Crippen LogP contribution is -2.26. The van der Waals surface area contributed by atoms with Gasteiger partial charge in [-0.05, 0) is 116 Å². The van der Waals surface area contributed by atoms with E-state index in [0.29, 0.717) is 33.4 Å². The number of benzene rings is 3. The summed E-state index contributed by atoms with van der Waals surface area (Å²) in [5.74, 6) is -2.85. The second-order valence-corrected chi connectivity index (χ2v) is 12.2. The fourth-order valence-electron chi connectivity index (χ4n) is 5.45. The average Bonchev–Trinajstić information content (AvgIpc) is 2.89. The number of rotatable bonds is 14.